The molecule has 5 aliphatic rings. The summed E-state index contributed by atoms with van der Waals surface area (Å²) in [6.45, 7) is 46.4. The van der Waals surface area contributed by atoms with Gasteiger partial charge >= 0.3 is 0 Å². The molecular weight excluding hydrogens is 924 g/mol. The summed E-state index contributed by atoms with van der Waals surface area (Å²) in [5.41, 5.74) is 26.9. The van der Waals surface area contributed by atoms with Gasteiger partial charge in [0.2, 0.25) is 0 Å². The third kappa shape index (κ3) is 7.73. The van der Waals surface area contributed by atoms with Gasteiger partial charge in [-0.1, -0.05) is 167 Å². The summed E-state index contributed by atoms with van der Waals surface area (Å²) in [6.07, 6.45) is 7.12. The highest BCUT2D eigenvalue weighted by Gasteiger charge is 2.49. The molecule has 3 aliphatic carbocycles. The van der Waals surface area contributed by atoms with E-state index in [-0.39, 0.29) is 50.0 Å². The Hall–Kier alpha value is -5.06. The van der Waals surface area contributed by atoms with Crippen molar-refractivity contribution in [3.05, 3.63) is 147 Å². The van der Waals surface area contributed by atoms with Gasteiger partial charge in [-0.05, 0) is 210 Å². The van der Waals surface area contributed by atoms with Gasteiger partial charge in [0, 0.05) is 43.2 Å². The fourth-order valence-corrected chi connectivity index (χ4v) is 15.9. The zero-order valence-electron chi connectivity index (χ0n) is 49.4. The fraction of sp³-hybridized carbons (Fsp3) is 0.465. The van der Waals surface area contributed by atoms with Crippen molar-refractivity contribution in [3.8, 4) is 11.1 Å². The summed E-state index contributed by atoms with van der Waals surface area (Å²) in [4.78, 5) is 5.51. The van der Waals surface area contributed by atoms with Gasteiger partial charge in [-0.15, -0.1) is 11.3 Å². The standard InChI is InChI=1S/C71H85BN2S/c1-42-34-58-61-59(35-42)74(56-27-24-45(65(5,6)7)36-47(56)43-20-22-44(23-21-43)64(2,3)4)57-40-53-52(69(14,15)31-32-70(53,16)17)39-55(57)72(61)63-62(48-38-51-54(41-60(48)75-63)71(18,19)33-30-68(51,12)13)73(58)46-25-26-49-50(37-46)67(10,11)29-28-66(49,8)9/h20-27,34-41H,28-33H2,1-19H3. The van der Waals surface area contributed by atoms with Crippen molar-refractivity contribution in [2.24, 2.45) is 0 Å². The first-order valence-corrected chi connectivity index (χ1v) is 29.6. The topological polar surface area (TPSA) is 6.48 Å². The number of nitrogens with zero attached hydrogens (tertiary/aromatic N) is 2. The summed E-state index contributed by atoms with van der Waals surface area (Å²) in [7, 11) is 0. The number of hydrogen-bond donors (Lipinski definition) is 0. The molecule has 12 rings (SSSR count). The monoisotopic (exact) mass is 1010 g/mol. The zero-order chi connectivity index (χ0) is 53.7. The lowest BCUT2D eigenvalue weighted by atomic mass is 9.35. The summed E-state index contributed by atoms with van der Waals surface area (Å²) in [6, 6.07) is 40.5. The number of fused-ring (bicyclic) bond motifs is 9. The Kier molecular flexibility index (Phi) is 10.8. The predicted octanol–water partition coefficient (Wildman–Crippen LogP) is 18.6. The average molecular weight is 1010 g/mol. The molecule has 0 N–H and O–H groups in total. The molecule has 0 atom stereocenters. The Morgan fingerprint density at radius 2 is 0.920 bits per heavy atom. The quantitative estimate of drug-likeness (QED) is 0.163. The van der Waals surface area contributed by atoms with Crippen LogP contribution in [-0.2, 0) is 43.3 Å². The Morgan fingerprint density at radius 3 is 1.48 bits per heavy atom. The van der Waals surface area contributed by atoms with Gasteiger partial charge in [0.15, 0.2) is 0 Å². The van der Waals surface area contributed by atoms with Crippen LogP contribution in [0.3, 0.4) is 0 Å². The maximum atomic E-state index is 2.77. The zero-order valence-corrected chi connectivity index (χ0v) is 50.2. The number of anilines is 6. The van der Waals surface area contributed by atoms with Gasteiger partial charge in [0.1, 0.15) is 0 Å². The van der Waals surface area contributed by atoms with Crippen LogP contribution in [0, 0.1) is 6.92 Å². The van der Waals surface area contributed by atoms with E-state index in [0.717, 1.165) is 0 Å². The van der Waals surface area contributed by atoms with Crippen molar-refractivity contribution in [2.75, 3.05) is 9.80 Å². The highest BCUT2D eigenvalue weighted by Crippen LogP contribution is 2.56. The van der Waals surface area contributed by atoms with Crippen LogP contribution in [0.1, 0.15) is 213 Å². The largest absolute Gasteiger partial charge is 0.311 e. The van der Waals surface area contributed by atoms with E-state index in [9.17, 15) is 0 Å². The summed E-state index contributed by atoms with van der Waals surface area (Å²) >= 11 is 2.09. The average Bonchev–Trinajstić information content (AvgIpc) is 3.70. The van der Waals surface area contributed by atoms with E-state index < -0.39 is 0 Å². The number of hydrogen-bond acceptors (Lipinski definition) is 3. The normalized spacial score (nSPS) is 20.2. The molecule has 0 saturated carbocycles. The smallest absolute Gasteiger partial charge is 0.264 e. The van der Waals surface area contributed by atoms with Crippen molar-refractivity contribution in [2.45, 2.75) is 213 Å². The SMILES string of the molecule is Cc1cc2c3c(c1)N(c1ccc4c(c1)C(C)(C)CCC4(C)C)c1c(sc4cc5c(cc14)C(C)(C)CCC5(C)C)B3c1cc3c(cc1N2c1ccc(C(C)(C)C)cc1-c1ccc(C(C)(C)C)cc1)C(C)(C)CCC3(C)C. The molecule has 4 heteroatoms. The fourth-order valence-electron chi connectivity index (χ4n) is 14.6. The molecule has 0 radical (unpaired) electrons. The molecule has 0 fully saturated rings. The second-order valence-electron chi connectivity index (χ2n) is 30.3. The summed E-state index contributed by atoms with van der Waals surface area (Å²) < 4.78 is 2.90. The van der Waals surface area contributed by atoms with Gasteiger partial charge in [-0.3, -0.25) is 0 Å². The minimum Gasteiger partial charge on any atom is -0.311 e. The lowest BCUT2D eigenvalue weighted by molar-refractivity contribution is 0.332. The van der Waals surface area contributed by atoms with Crippen molar-refractivity contribution in [1.29, 1.82) is 0 Å². The molecule has 0 spiro atoms. The highest BCUT2D eigenvalue weighted by molar-refractivity contribution is 7.33. The molecule has 75 heavy (non-hydrogen) atoms. The molecule has 388 valence electrons. The Labute approximate surface area is 456 Å². The molecule has 7 aromatic rings. The molecule has 6 aromatic carbocycles. The molecule has 0 unspecified atom stereocenters. The predicted molar refractivity (Wildman–Crippen MR) is 329 cm³/mol. The summed E-state index contributed by atoms with van der Waals surface area (Å²) in [5, 5.41) is 1.41. The lowest BCUT2D eigenvalue weighted by Crippen LogP contribution is -2.61. The number of thiophene rings is 1. The van der Waals surface area contributed by atoms with Gasteiger partial charge in [-0.2, -0.15) is 0 Å². The van der Waals surface area contributed by atoms with E-state index in [1.54, 1.807) is 5.56 Å². The van der Waals surface area contributed by atoms with Crippen LogP contribution < -0.4 is 25.5 Å². The molecule has 3 heterocycles. The minimum absolute atomic E-state index is 0.0267. The van der Waals surface area contributed by atoms with Gasteiger partial charge in [-0.25, -0.2) is 0 Å². The Morgan fingerprint density at radius 1 is 0.440 bits per heavy atom. The van der Waals surface area contributed by atoms with Gasteiger partial charge in [0.05, 0.1) is 11.4 Å². The van der Waals surface area contributed by atoms with Crippen molar-refractivity contribution >= 4 is 78.0 Å². The number of aryl methyl sites for hydroxylation is 1. The highest BCUT2D eigenvalue weighted by atomic mass is 32.1. The Bertz CT molecular complexity index is 3540. The van der Waals surface area contributed by atoms with E-state index >= 15 is 0 Å². The van der Waals surface area contributed by atoms with Crippen molar-refractivity contribution in [1.82, 2.24) is 0 Å². The second kappa shape index (κ2) is 16.0. The molecule has 2 aliphatic heterocycles. The van der Waals surface area contributed by atoms with E-state index in [1.807, 2.05) is 0 Å². The molecular formula is C71H85BN2S. The van der Waals surface area contributed by atoms with Crippen LogP contribution in [0.15, 0.2) is 97.1 Å². The first-order chi connectivity index (χ1) is 34.8. The van der Waals surface area contributed by atoms with Crippen LogP contribution in [0.2, 0.25) is 0 Å². The van der Waals surface area contributed by atoms with Crippen LogP contribution >= 0.6 is 11.3 Å². The molecule has 0 amide bonds. The van der Waals surface area contributed by atoms with Crippen LogP contribution in [0.25, 0.3) is 21.2 Å². The van der Waals surface area contributed by atoms with Crippen molar-refractivity contribution in [3.63, 3.8) is 0 Å². The summed E-state index contributed by atoms with van der Waals surface area (Å²) in [5.74, 6) is 0. The van der Waals surface area contributed by atoms with E-state index in [1.165, 1.54) is 154 Å². The molecule has 0 bridgehead atoms. The maximum Gasteiger partial charge on any atom is 0.264 e. The number of rotatable bonds is 3. The maximum absolute atomic E-state index is 2.77. The van der Waals surface area contributed by atoms with Crippen molar-refractivity contribution < 1.29 is 0 Å². The molecule has 1 aromatic heterocycles. The van der Waals surface area contributed by atoms with Gasteiger partial charge in [0.25, 0.3) is 6.71 Å². The van der Waals surface area contributed by atoms with Crippen LogP contribution in [-0.4, -0.2) is 6.71 Å². The number of benzene rings is 6. The first kappa shape index (κ1) is 50.7. The minimum atomic E-state index is -0.0267. The molecule has 2 nitrogen and oxygen atoms in total. The Balaban J connectivity index is 1.22. The first-order valence-electron chi connectivity index (χ1n) is 28.7. The van der Waals surface area contributed by atoms with E-state index in [4.69, 9.17) is 0 Å². The third-order valence-corrected chi connectivity index (χ3v) is 21.2. The van der Waals surface area contributed by atoms with E-state index in [2.05, 4.69) is 250 Å². The molecule has 0 saturated heterocycles. The van der Waals surface area contributed by atoms with Crippen LogP contribution in [0.5, 0.6) is 0 Å². The van der Waals surface area contributed by atoms with E-state index in [0.29, 0.717) is 0 Å². The van der Waals surface area contributed by atoms with Gasteiger partial charge < -0.3 is 9.80 Å². The third-order valence-electron chi connectivity index (χ3n) is 20.0. The van der Waals surface area contributed by atoms with Crippen LogP contribution in [0.4, 0.5) is 34.1 Å². The second-order valence-corrected chi connectivity index (χ2v) is 31.4. The lowest BCUT2D eigenvalue weighted by Gasteiger charge is -2.47.